The van der Waals surface area contributed by atoms with Gasteiger partial charge in [-0.2, -0.15) is 0 Å². The molecule has 140 valence electrons. The van der Waals surface area contributed by atoms with Gasteiger partial charge in [-0.05, 0) is 45.2 Å². The molecule has 0 aliphatic rings. The van der Waals surface area contributed by atoms with Crippen molar-refractivity contribution >= 4 is 6.09 Å². The Labute approximate surface area is 156 Å². The lowest BCUT2D eigenvalue weighted by atomic mass is 9.87. The minimum absolute atomic E-state index is 0.496. The third-order valence-corrected chi connectivity index (χ3v) is 4.51. The number of benzene rings is 2. The van der Waals surface area contributed by atoms with Crippen molar-refractivity contribution in [2.24, 2.45) is 0 Å². The molecule has 0 aromatic heterocycles. The number of carboxylic acid groups (broad SMARTS) is 1. The summed E-state index contributed by atoms with van der Waals surface area (Å²) in [6.45, 7) is 9.14. The van der Waals surface area contributed by atoms with Crippen LogP contribution in [0.5, 0.6) is 0 Å². The van der Waals surface area contributed by atoms with Crippen LogP contribution in [0.4, 0.5) is 4.79 Å². The highest BCUT2D eigenvalue weighted by Gasteiger charge is 2.41. The van der Waals surface area contributed by atoms with E-state index >= 15 is 0 Å². The molecule has 2 aromatic carbocycles. The van der Waals surface area contributed by atoms with E-state index in [9.17, 15) is 9.90 Å². The number of nitrogens with zero attached hydrogens (tertiary/aromatic N) is 1. The average molecular weight is 354 g/mol. The van der Waals surface area contributed by atoms with Crippen molar-refractivity contribution in [2.75, 3.05) is 6.54 Å². The molecule has 0 spiro atoms. The van der Waals surface area contributed by atoms with E-state index in [-0.39, 0.29) is 0 Å². The molecule has 1 atom stereocenters. The van der Waals surface area contributed by atoms with Gasteiger partial charge in [-0.15, -0.1) is 0 Å². The van der Waals surface area contributed by atoms with Gasteiger partial charge in [0.05, 0.1) is 5.54 Å². The Hall–Kier alpha value is -2.33. The van der Waals surface area contributed by atoms with Crippen LogP contribution in [0.25, 0.3) is 0 Å². The highest BCUT2D eigenvalue weighted by molar-refractivity contribution is 5.67. The number of carbonyl (C=O) groups is 1. The number of hydrogen-bond donors (Lipinski definition) is 2. The summed E-state index contributed by atoms with van der Waals surface area (Å²) >= 11 is 0. The highest BCUT2D eigenvalue weighted by atomic mass is 16.4. The fraction of sp³-hybridized carbons (Fsp3) is 0.409. The van der Waals surface area contributed by atoms with Crippen molar-refractivity contribution in [1.29, 1.82) is 0 Å². The summed E-state index contributed by atoms with van der Waals surface area (Å²) in [5.41, 5.74) is 1.25. The summed E-state index contributed by atoms with van der Waals surface area (Å²) in [4.78, 5) is 13.7. The number of amides is 1. The minimum atomic E-state index is -0.891. The molecular formula is C22H30N2O2. The Balaban J connectivity index is 2.23. The Morgan fingerprint density at radius 2 is 1.42 bits per heavy atom. The van der Waals surface area contributed by atoms with Crippen LogP contribution in [0, 0.1) is 0 Å². The second-order valence-corrected chi connectivity index (χ2v) is 8.04. The molecule has 0 saturated carbocycles. The second-order valence-electron chi connectivity index (χ2n) is 8.04. The maximum Gasteiger partial charge on any atom is 0.408 e. The monoisotopic (exact) mass is 354 g/mol. The minimum Gasteiger partial charge on any atom is -0.465 e. The summed E-state index contributed by atoms with van der Waals surface area (Å²) in [6, 6.07) is 20.2. The molecule has 0 heterocycles. The third-order valence-electron chi connectivity index (χ3n) is 4.51. The Kier molecular flexibility index (Phi) is 6.43. The molecule has 4 heteroatoms. The maximum atomic E-state index is 12.1. The van der Waals surface area contributed by atoms with Crippen LogP contribution in [-0.2, 0) is 13.0 Å². The first-order valence-corrected chi connectivity index (χ1v) is 9.04. The molecule has 1 amide bonds. The molecule has 1 unspecified atom stereocenters. The topological polar surface area (TPSA) is 52.6 Å². The fourth-order valence-electron chi connectivity index (χ4n) is 3.66. The lowest BCUT2D eigenvalue weighted by Crippen LogP contribution is -2.62. The van der Waals surface area contributed by atoms with E-state index in [2.05, 4.69) is 29.6 Å². The molecule has 0 aliphatic heterocycles. The fourth-order valence-corrected chi connectivity index (χ4v) is 3.66. The highest BCUT2D eigenvalue weighted by Crippen LogP contribution is 2.29. The van der Waals surface area contributed by atoms with Crippen LogP contribution in [0.2, 0.25) is 0 Å². The lowest BCUT2D eigenvalue weighted by Gasteiger charge is -2.47. The van der Waals surface area contributed by atoms with Crippen molar-refractivity contribution in [3.63, 3.8) is 0 Å². The lowest BCUT2D eigenvalue weighted by molar-refractivity contribution is 0.0241. The van der Waals surface area contributed by atoms with Gasteiger partial charge < -0.3 is 10.4 Å². The van der Waals surface area contributed by atoms with E-state index in [1.807, 2.05) is 64.1 Å². The number of rotatable bonds is 7. The molecule has 2 rings (SSSR count). The Morgan fingerprint density at radius 1 is 0.923 bits per heavy atom. The molecule has 2 aromatic rings. The zero-order valence-corrected chi connectivity index (χ0v) is 16.2. The van der Waals surface area contributed by atoms with E-state index in [0.717, 1.165) is 5.56 Å². The zero-order valence-electron chi connectivity index (χ0n) is 16.2. The van der Waals surface area contributed by atoms with Gasteiger partial charge in [0.25, 0.3) is 0 Å². The predicted molar refractivity (Wildman–Crippen MR) is 106 cm³/mol. The molecule has 26 heavy (non-hydrogen) atoms. The van der Waals surface area contributed by atoms with Crippen LogP contribution in [0.1, 0.15) is 38.8 Å². The van der Waals surface area contributed by atoms with Crippen LogP contribution >= 0.6 is 0 Å². The van der Waals surface area contributed by atoms with Crippen molar-refractivity contribution in [3.8, 4) is 0 Å². The first kappa shape index (κ1) is 20.0. The van der Waals surface area contributed by atoms with Gasteiger partial charge >= 0.3 is 6.09 Å². The van der Waals surface area contributed by atoms with E-state index in [4.69, 9.17) is 0 Å². The van der Waals surface area contributed by atoms with Crippen molar-refractivity contribution < 1.29 is 9.90 Å². The van der Waals surface area contributed by atoms with Crippen molar-refractivity contribution in [2.45, 2.75) is 51.7 Å². The maximum absolute atomic E-state index is 12.1. The first-order chi connectivity index (χ1) is 12.2. The third kappa shape index (κ3) is 5.33. The summed E-state index contributed by atoms with van der Waals surface area (Å²) in [5.74, 6) is 0. The Morgan fingerprint density at radius 3 is 1.88 bits per heavy atom. The molecule has 0 radical (unpaired) electrons. The standard InChI is InChI=1S/C22H30N2O2/c1-21(2,3)24(20(25)26)22(4,15-18-11-7-5-8-12-18)17-23-16-19-13-9-6-10-14-19/h5-14,23H,15-17H2,1-4H3,(H,25,26). The van der Waals surface area contributed by atoms with Crippen LogP contribution in [0.3, 0.4) is 0 Å². The van der Waals surface area contributed by atoms with E-state index in [1.54, 1.807) is 4.90 Å². The van der Waals surface area contributed by atoms with Gasteiger partial charge in [0.15, 0.2) is 0 Å². The van der Waals surface area contributed by atoms with Crippen LogP contribution < -0.4 is 5.32 Å². The second kappa shape index (κ2) is 8.37. The van der Waals surface area contributed by atoms with Crippen LogP contribution in [0.15, 0.2) is 60.7 Å². The van der Waals surface area contributed by atoms with Gasteiger partial charge in [-0.3, -0.25) is 4.90 Å². The summed E-state index contributed by atoms with van der Waals surface area (Å²) in [6.07, 6.45) is -0.239. The molecule has 0 bridgehead atoms. The van der Waals surface area contributed by atoms with Gasteiger partial charge in [-0.1, -0.05) is 60.7 Å². The average Bonchev–Trinajstić information content (AvgIpc) is 2.54. The van der Waals surface area contributed by atoms with Gasteiger partial charge in [0.2, 0.25) is 0 Å². The van der Waals surface area contributed by atoms with Gasteiger partial charge in [0, 0.05) is 18.6 Å². The first-order valence-electron chi connectivity index (χ1n) is 9.04. The summed E-state index contributed by atoms with van der Waals surface area (Å²) in [5, 5.41) is 13.4. The van der Waals surface area contributed by atoms with Gasteiger partial charge in [0.1, 0.15) is 0 Å². The van der Waals surface area contributed by atoms with E-state index in [0.29, 0.717) is 19.5 Å². The summed E-state index contributed by atoms with van der Waals surface area (Å²) < 4.78 is 0. The van der Waals surface area contributed by atoms with Crippen molar-refractivity contribution in [1.82, 2.24) is 10.2 Å². The zero-order chi connectivity index (χ0) is 19.2. The molecule has 0 aliphatic carbocycles. The quantitative estimate of drug-likeness (QED) is 0.766. The largest absolute Gasteiger partial charge is 0.465 e. The van der Waals surface area contributed by atoms with Crippen LogP contribution in [-0.4, -0.2) is 33.7 Å². The van der Waals surface area contributed by atoms with E-state index < -0.39 is 17.2 Å². The molecular weight excluding hydrogens is 324 g/mol. The molecule has 2 N–H and O–H groups in total. The molecule has 4 nitrogen and oxygen atoms in total. The SMILES string of the molecule is CC(C)(C)N(C(=O)O)C(C)(CNCc1ccccc1)Cc1ccccc1. The normalized spacial score (nSPS) is 13.8. The number of hydrogen-bond acceptors (Lipinski definition) is 2. The number of nitrogens with one attached hydrogen (secondary N) is 1. The van der Waals surface area contributed by atoms with Crippen molar-refractivity contribution in [3.05, 3.63) is 71.8 Å². The smallest absolute Gasteiger partial charge is 0.408 e. The van der Waals surface area contributed by atoms with E-state index in [1.165, 1.54) is 5.56 Å². The molecule has 0 fully saturated rings. The summed E-state index contributed by atoms with van der Waals surface area (Å²) in [7, 11) is 0. The Bertz CT molecular complexity index is 695. The van der Waals surface area contributed by atoms with Gasteiger partial charge in [-0.25, -0.2) is 4.79 Å². The molecule has 0 saturated heterocycles. The predicted octanol–water partition coefficient (Wildman–Crippen LogP) is 4.56.